The van der Waals surface area contributed by atoms with Gasteiger partial charge >= 0.3 is 6.16 Å². The van der Waals surface area contributed by atoms with Crippen LogP contribution in [-0.2, 0) is 18.9 Å². The first-order chi connectivity index (χ1) is 12.8. The molecule has 0 N–H and O–H groups in total. The van der Waals surface area contributed by atoms with Gasteiger partial charge in [0.15, 0.2) is 6.29 Å². The van der Waals surface area contributed by atoms with E-state index in [0.29, 0.717) is 25.4 Å². The fourth-order valence-electron chi connectivity index (χ4n) is 3.16. The maximum absolute atomic E-state index is 12.1. The van der Waals surface area contributed by atoms with Crippen LogP contribution in [0.1, 0.15) is 18.3 Å². The molecule has 0 unspecified atom stereocenters. The van der Waals surface area contributed by atoms with Gasteiger partial charge in [-0.25, -0.2) is 4.79 Å². The van der Waals surface area contributed by atoms with Crippen LogP contribution in [0.2, 0.25) is 0 Å². The predicted octanol–water partition coefficient (Wildman–Crippen LogP) is 3.47. The summed E-state index contributed by atoms with van der Waals surface area (Å²) in [5.41, 5.74) is 0.919. The average Bonchev–Trinajstić information content (AvgIpc) is 2.69. The van der Waals surface area contributed by atoms with Crippen LogP contribution >= 0.6 is 0 Å². The van der Waals surface area contributed by atoms with Crippen LogP contribution in [0.15, 0.2) is 60.7 Å². The number of hydrogen-bond acceptors (Lipinski definition) is 6. The number of rotatable bonds is 3. The molecule has 2 fully saturated rings. The minimum Gasteiger partial charge on any atom is -0.428 e. The molecule has 4 atom stereocenters. The Morgan fingerprint density at radius 2 is 1.69 bits per heavy atom. The normalized spacial score (nSPS) is 28.0. The largest absolute Gasteiger partial charge is 0.514 e. The molecular weight excluding hydrogens is 336 g/mol. The SMILES string of the molecule is O=C(Oc1ccccc1)O[C@@H]1CCO[C@@H]2CO[C@@H](c3ccccc3)O[C@H]21. The Bertz CT molecular complexity index is 720. The van der Waals surface area contributed by atoms with Crippen LogP contribution in [0, 0.1) is 0 Å². The van der Waals surface area contributed by atoms with Crippen molar-refractivity contribution >= 4 is 6.16 Å². The second-order valence-corrected chi connectivity index (χ2v) is 6.20. The fraction of sp³-hybridized carbons (Fsp3) is 0.350. The number of para-hydroxylation sites is 1. The van der Waals surface area contributed by atoms with Crippen LogP contribution in [0.3, 0.4) is 0 Å². The van der Waals surface area contributed by atoms with Crippen molar-refractivity contribution in [1.82, 2.24) is 0 Å². The van der Waals surface area contributed by atoms with E-state index in [4.69, 9.17) is 23.7 Å². The van der Waals surface area contributed by atoms with Crippen LogP contribution in [0.5, 0.6) is 5.75 Å². The zero-order valence-corrected chi connectivity index (χ0v) is 14.2. The van der Waals surface area contributed by atoms with Crippen molar-refractivity contribution in [3.05, 3.63) is 66.2 Å². The molecule has 6 heteroatoms. The summed E-state index contributed by atoms with van der Waals surface area (Å²) in [5, 5.41) is 0. The second kappa shape index (κ2) is 7.86. The predicted molar refractivity (Wildman–Crippen MR) is 91.7 cm³/mol. The summed E-state index contributed by atoms with van der Waals surface area (Å²) in [4.78, 5) is 12.1. The topological polar surface area (TPSA) is 63.2 Å². The van der Waals surface area contributed by atoms with E-state index in [0.717, 1.165) is 5.56 Å². The van der Waals surface area contributed by atoms with Crippen LogP contribution in [-0.4, -0.2) is 37.7 Å². The van der Waals surface area contributed by atoms with Gasteiger partial charge in [-0.2, -0.15) is 0 Å². The fourth-order valence-corrected chi connectivity index (χ4v) is 3.16. The number of carbonyl (C=O) groups excluding carboxylic acids is 1. The van der Waals surface area contributed by atoms with E-state index in [1.54, 1.807) is 24.3 Å². The summed E-state index contributed by atoms with van der Waals surface area (Å²) in [7, 11) is 0. The van der Waals surface area contributed by atoms with Crippen LogP contribution in [0.25, 0.3) is 0 Å². The molecule has 0 radical (unpaired) electrons. The van der Waals surface area contributed by atoms with Crippen molar-refractivity contribution < 1.29 is 28.5 Å². The van der Waals surface area contributed by atoms with Gasteiger partial charge in [-0.05, 0) is 12.1 Å². The molecule has 0 bridgehead atoms. The minimum absolute atomic E-state index is 0.266. The summed E-state index contributed by atoms with van der Waals surface area (Å²) in [6, 6.07) is 18.5. The van der Waals surface area contributed by atoms with E-state index in [2.05, 4.69) is 0 Å². The molecule has 4 rings (SSSR count). The van der Waals surface area contributed by atoms with E-state index in [1.165, 1.54) is 0 Å². The number of hydrogen-bond donors (Lipinski definition) is 0. The minimum atomic E-state index is -0.742. The molecule has 6 nitrogen and oxygen atoms in total. The number of fused-ring (bicyclic) bond motifs is 1. The highest BCUT2D eigenvalue weighted by Gasteiger charge is 2.43. The van der Waals surface area contributed by atoms with Gasteiger partial charge < -0.3 is 23.7 Å². The van der Waals surface area contributed by atoms with E-state index in [-0.39, 0.29) is 6.10 Å². The summed E-state index contributed by atoms with van der Waals surface area (Å²) in [6.45, 7) is 0.866. The first-order valence-corrected chi connectivity index (χ1v) is 8.67. The highest BCUT2D eigenvalue weighted by molar-refractivity contribution is 5.64. The highest BCUT2D eigenvalue weighted by Crippen LogP contribution is 2.33. The Morgan fingerprint density at radius 3 is 2.46 bits per heavy atom. The Labute approximate surface area is 151 Å². The van der Waals surface area contributed by atoms with E-state index < -0.39 is 24.7 Å². The van der Waals surface area contributed by atoms with E-state index in [1.807, 2.05) is 36.4 Å². The maximum Gasteiger partial charge on any atom is 0.514 e. The zero-order chi connectivity index (χ0) is 17.8. The Hall–Kier alpha value is -2.41. The standard InChI is InChI=1S/C20H20O6/c21-20(24-15-9-5-2-6-10-15)25-16-11-12-22-17-13-23-19(26-18(16)17)14-7-3-1-4-8-14/h1-10,16-19H,11-13H2/t16-,17-,18+,19-/m1/s1. The third kappa shape index (κ3) is 3.88. The summed E-state index contributed by atoms with van der Waals surface area (Å²) in [6.07, 6.45) is -1.81. The van der Waals surface area contributed by atoms with E-state index in [9.17, 15) is 4.79 Å². The van der Waals surface area contributed by atoms with Gasteiger partial charge in [0, 0.05) is 12.0 Å². The molecule has 2 aromatic rings. The Morgan fingerprint density at radius 1 is 0.962 bits per heavy atom. The summed E-state index contributed by atoms with van der Waals surface area (Å²) >= 11 is 0. The quantitative estimate of drug-likeness (QED) is 0.620. The number of ether oxygens (including phenoxy) is 5. The molecule has 26 heavy (non-hydrogen) atoms. The van der Waals surface area contributed by atoms with Gasteiger partial charge in [-0.1, -0.05) is 48.5 Å². The van der Waals surface area contributed by atoms with Crippen molar-refractivity contribution in [2.75, 3.05) is 13.2 Å². The zero-order valence-electron chi connectivity index (χ0n) is 14.2. The lowest BCUT2D eigenvalue weighted by Gasteiger charge is -2.42. The van der Waals surface area contributed by atoms with Gasteiger partial charge in [-0.15, -0.1) is 0 Å². The molecule has 0 spiro atoms. The third-order valence-electron chi connectivity index (χ3n) is 4.42. The van der Waals surface area contributed by atoms with Gasteiger partial charge in [0.25, 0.3) is 0 Å². The van der Waals surface area contributed by atoms with E-state index >= 15 is 0 Å². The molecule has 2 aromatic carbocycles. The molecule has 2 aliphatic heterocycles. The first kappa shape index (κ1) is 17.0. The van der Waals surface area contributed by atoms with Crippen LogP contribution in [0.4, 0.5) is 4.79 Å². The maximum atomic E-state index is 12.1. The second-order valence-electron chi connectivity index (χ2n) is 6.20. The lowest BCUT2D eigenvalue weighted by Crippen LogP contribution is -2.53. The van der Waals surface area contributed by atoms with Gasteiger partial charge in [0.2, 0.25) is 0 Å². The molecule has 136 valence electrons. The van der Waals surface area contributed by atoms with Crippen molar-refractivity contribution in [3.63, 3.8) is 0 Å². The smallest absolute Gasteiger partial charge is 0.428 e. The van der Waals surface area contributed by atoms with Gasteiger partial charge in [0.1, 0.15) is 24.1 Å². The molecule has 2 saturated heterocycles. The molecular formula is C20H20O6. The van der Waals surface area contributed by atoms with Crippen LogP contribution < -0.4 is 4.74 Å². The van der Waals surface area contributed by atoms with Gasteiger partial charge in [-0.3, -0.25) is 0 Å². The number of carbonyl (C=O) groups is 1. The van der Waals surface area contributed by atoms with Crippen molar-refractivity contribution in [3.8, 4) is 5.75 Å². The van der Waals surface area contributed by atoms with Crippen molar-refractivity contribution in [2.45, 2.75) is 31.0 Å². The highest BCUT2D eigenvalue weighted by atomic mass is 16.8. The molecule has 0 aliphatic carbocycles. The van der Waals surface area contributed by atoms with Crippen molar-refractivity contribution in [2.24, 2.45) is 0 Å². The number of benzene rings is 2. The lowest BCUT2D eigenvalue weighted by atomic mass is 10.0. The lowest BCUT2D eigenvalue weighted by molar-refractivity contribution is -0.299. The molecule has 0 amide bonds. The van der Waals surface area contributed by atoms with Crippen molar-refractivity contribution in [1.29, 1.82) is 0 Å². The van der Waals surface area contributed by atoms with Gasteiger partial charge in [0.05, 0.1) is 13.2 Å². The molecule has 0 aromatic heterocycles. The monoisotopic (exact) mass is 356 g/mol. The summed E-state index contributed by atoms with van der Waals surface area (Å²) < 4.78 is 28.3. The Kier molecular flexibility index (Phi) is 5.15. The average molecular weight is 356 g/mol. The first-order valence-electron chi connectivity index (χ1n) is 8.67. The third-order valence-corrected chi connectivity index (χ3v) is 4.42. The Balaban J connectivity index is 1.41. The molecule has 2 heterocycles. The molecule has 2 aliphatic rings. The summed E-state index contributed by atoms with van der Waals surface area (Å²) in [5.74, 6) is 0.441. The molecule has 0 saturated carbocycles.